The molecule has 0 aliphatic carbocycles. The topological polar surface area (TPSA) is 79.7 Å². The molecule has 1 rings (SSSR count). The molecule has 1 heterocycles. The van der Waals surface area contributed by atoms with Gasteiger partial charge in [-0.05, 0) is 17.7 Å². The van der Waals surface area contributed by atoms with Gasteiger partial charge in [0, 0.05) is 25.9 Å². The number of rotatable bonds is 4. The van der Waals surface area contributed by atoms with Crippen molar-refractivity contribution in [3.63, 3.8) is 0 Å². The minimum Gasteiger partial charge on any atom is -0.480 e. The second-order valence-corrected chi connectivity index (χ2v) is 3.49. The molecule has 0 aromatic carbocycles. The highest BCUT2D eigenvalue weighted by Gasteiger charge is 2.27. The van der Waals surface area contributed by atoms with Gasteiger partial charge in [0.05, 0.1) is 7.11 Å². The van der Waals surface area contributed by atoms with E-state index in [0.717, 1.165) is 10.5 Å². The number of carbonyl (C=O) groups excluding carboxylic acids is 1. The molecular weight excluding hydrogens is 224 g/mol. The molecule has 92 valence electrons. The van der Waals surface area contributed by atoms with Gasteiger partial charge < -0.3 is 9.84 Å². The van der Waals surface area contributed by atoms with Gasteiger partial charge in [0.15, 0.2) is 0 Å². The van der Waals surface area contributed by atoms with Crippen molar-refractivity contribution in [3.05, 3.63) is 30.1 Å². The fourth-order valence-electron chi connectivity index (χ4n) is 1.40. The van der Waals surface area contributed by atoms with Crippen LogP contribution in [0.3, 0.4) is 0 Å². The van der Waals surface area contributed by atoms with Crippen molar-refractivity contribution in [3.8, 4) is 0 Å². The van der Waals surface area contributed by atoms with Crippen molar-refractivity contribution in [1.82, 2.24) is 9.88 Å². The molecule has 17 heavy (non-hydrogen) atoms. The van der Waals surface area contributed by atoms with Crippen LogP contribution in [0.2, 0.25) is 0 Å². The molecule has 0 spiro atoms. The molecule has 0 saturated heterocycles. The summed E-state index contributed by atoms with van der Waals surface area (Å²) in [6, 6.07) is 2.46. The van der Waals surface area contributed by atoms with E-state index in [1.54, 1.807) is 24.5 Å². The molecule has 6 heteroatoms. The number of carboxylic acids is 1. The number of hydrogen-bond donors (Lipinski definition) is 1. The maximum atomic E-state index is 11.3. The zero-order valence-electron chi connectivity index (χ0n) is 9.66. The molecule has 1 amide bonds. The summed E-state index contributed by atoms with van der Waals surface area (Å²) in [5.74, 6) is -1.07. The quantitative estimate of drug-likeness (QED) is 0.838. The number of likely N-dealkylation sites (N-methyl/N-ethyl adjacent to an activating group) is 1. The van der Waals surface area contributed by atoms with Crippen LogP contribution < -0.4 is 0 Å². The number of nitrogens with zero attached hydrogens (tertiary/aromatic N) is 2. The first-order chi connectivity index (χ1) is 8.06. The van der Waals surface area contributed by atoms with Crippen LogP contribution in [-0.4, -0.2) is 47.3 Å². The average Bonchev–Trinajstić information content (AvgIpc) is 2.35. The number of aromatic nitrogens is 1. The molecule has 1 aromatic rings. The summed E-state index contributed by atoms with van der Waals surface area (Å²) in [7, 11) is 2.61. The van der Waals surface area contributed by atoms with Crippen LogP contribution in [0.25, 0.3) is 0 Å². The SMILES string of the molecule is COC(=O)N(C)C(Cc1ccncc1)C(=O)O. The monoisotopic (exact) mass is 238 g/mol. The van der Waals surface area contributed by atoms with E-state index in [1.807, 2.05) is 0 Å². The highest BCUT2D eigenvalue weighted by atomic mass is 16.5. The van der Waals surface area contributed by atoms with E-state index < -0.39 is 18.1 Å². The first-order valence-corrected chi connectivity index (χ1v) is 4.98. The van der Waals surface area contributed by atoms with E-state index in [1.165, 1.54) is 14.2 Å². The molecule has 0 bridgehead atoms. The highest BCUT2D eigenvalue weighted by Crippen LogP contribution is 2.08. The van der Waals surface area contributed by atoms with Crippen LogP contribution in [0.5, 0.6) is 0 Å². The lowest BCUT2D eigenvalue weighted by Gasteiger charge is -2.23. The molecule has 1 N–H and O–H groups in total. The van der Waals surface area contributed by atoms with Gasteiger partial charge in [-0.3, -0.25) is 9.88 Å². The van der Waals surface area contributed by atoms with Crippen molar-refractivity contribution < 1.29 is 19.4 Å². The van der Waals surface area contributed by atoms with Gasteiger partial charge in [-0.2, -0.15) is 0 Å². The average molecular weight is 238 g/mol. The summed E-state index contributed by atoms with van der Waals surface area (Å²) < 4.78 is 4.49. The molecule has 1 aromatic heterocycles. The van der Waals surface area contributed by atoms with Gasteiger partial charge >= 0.3 is 12.1 Å². The Morgan fingerprint density at radius 3 is 2.53 bits per heavy atom. The van der Waals surface area contributed by atoms with E-state index in [9.17, 15) is 9.59 Å². The lowest BCUT2D eigenvalue weighted by atomic mass is 10.1. The van der Waals surface area contributed by atoms with Gasteiger partial charge in [-0.15, -0.1) is 0 Å². The Morgan fingerprint density at radius 2 is 2.06 bits per heavy atom. The highest BCUT2D eigenvalue weighted by molar-refractivity contribution is 5.80. The number of hydrogen-bond acceptors (Lipinski definition) is 4. The third-order valence-corrected chi connectivity index (χ3v) is 2.39. The number of carboxylic acid groups (broad SMARTS) is 1. The predicted molar refractivity (Wildman–Crippen MR) is 59.5 cm³/mol. The Balaban J connectivity index is 2.81. The molecule has 0 radical (unpaired) electrons. The lowest BCUT2D eigenvalue weighted by molar-refractivity contribution is -0.142. The van der Waals surface area contributed by atoms with Gasteiger partial charge in [-0.1, -0.05) is 0 Å². The lowest BCUT2D eigenvalue weighted by Crippen LogP contribution is -2.43. The van der Waals surface area contributed by atoms with Crippen LogP contribution in [0.15, 0.2) is 24.5 Å². The fraction of sp³-hybridized carbons (Fsp3) is 0.364. The Bertz CT molecular complexity index is 394. The van der Waals surface area contributed by atoms with Crippen molar-refractivity contribution in [2.24, 2.45) is 0 Å². The van der Waals surface area contributed by atoms with Gasteiger partial charge in [0.2, 0.25) is 0 Å². The third kappa shape index (κ3) is 3.44. The Hall–Kier alpha value is -2.11. The van der Waals surface area contributed by atoms with Crippen LogP contribution in [0, 0.1) is 0 Å². The van der Waals surface area contributed by atoms with E-state index in [4.69, 9.17) is 5.11 Å². The second kappa shape index (κ2) is 5.83. The van der Waals surface area contributed by atoms with Gasteiger partial charge in [0.1, 0.15) is 6.04 Å². The van der Waals surface area contributed by atoms with E-state index in [2.05, 4.69) is 9.72 Å². The molecule has 0 saturated carbocycles. The number of aliphatic carboxylic acids is 1. The summed E-state index contributed by atoms with van der Waals surface area (Å²) in [5.41, 5.74) is 0.795. The van der Waals surface area contributed by atoms with Crippen molar-refractivity contribution >= 4 is 12.1 Å². The largest absolute Gasteiger partial charge is 0.480 e. The molecular formula is C11H14N2O4. The zero-order valence-corrected chi connectivity index (χ0v) is 9.66. The van der Waals surface area contributed by atoms with Crippen LogP contribution in [0.1, 0.15) is 5.56 Å². The van der Waals surface area contributed by atoms with Crippen molar-refractivity contribution in [1.29, 1.82) is 0 Å². The molecule has 6 nitrogen and oxygen atoms in total. The number of carbonyl (C=O) groups is 2. The predicted octanol–water partition coefficient (Wildman–Crippen LogP) is 0.775. The Morgan fingerprint density at radius 1 is 1.47 bits per heavy atom. The van der Waals surface area contributed by atoms with E-state index >= 15 is 0 Å². The minimum absolute atomic E-state index is 0.212. The number of pyridine rings is 1. The van der Waals surface area contributed by atoms with Crippen LogP contribution in [0.4, 0.5) is 4.79 Å². The number of ether oxygens (including phenoxy) is 1. The smallest absolute Gasteiger partial charge is 0.409 e. The first-order valence-electron chi connectivity index (χ1n) is 4.98. The number of methoxy groups -OCH3 is 1. The van der Waals surface area contributed by atoms with Gasteiger partial charge in [0.25, 0.3) is 0 Å². The Labute approximate surface area is 98.8 Å². The third-order valence-electron chi connectivity index (χ3n) is 2.39. The zero-order chi connectivity index (χ0) is 12.8. The summed E-state index contributed by atoms with van der Waals surface area (Å²) in [6.45, 7) is 0. The molecule has 1 atom stereocenters. The second-order valence-electron chi connectivity index (χ2n) is 3.49. The normalized spacial score (nSPS) is 11.6. The van der Waals surface area contributed by atoms with Crippen LogP contribution >= 0.6 is 0 Å². The summed E-state index contributed by atoms with van der Waals surface area (Å²) in [5, 5.41) is 9.08. The Kier molecular flexibility index (Phi) is 4.45. The van der Waals surface area contributed by atoms with Crippen LogP contribution in [-0.2, 0) is 16.0 Å². The van der Waals surface area contributed by atoms with Crippen molar-refractivity contribution in [2.75, 3.05) is 14.2 Å². The van der Waals surface area contributed by atoms with Crippen molar-refractivity contribution in [2.45, 2.75) is 12.5 Å². The molecule has 0 fully saturated rings. The molecule has 1 unspecified atom stereocenters. The summed E-state index contributed by atoms with van der Waals surface area (Å²) >= 11 is 0. The van der Waals surface area contributed by atoms with Gasteiger partial charge in [-0.25, -0.2) is 9.59 Å². The standard InChI is InChI=1S/C11H14N2O4/c1-13(11(16)17-2)9(10(14)15)7-8-3-5-12-6-4-8/h3-6,9H,7H2,1-2H3,(H,14,15). The number of amides is 1. The fourth-order valence-corrected chi connectivity index (χ4v) is 1.40. The minimum atomic E-state index is -1.07. The van der Waals surface area contributed by atoms with E-state index in [-0.39, 0.29) is 6.42 Å². The molecule has 0 aliphatic rings. The summed E-state index contributed by atoms with van der Waals surface area (Å²) in [6.07, 6.45) is 2.69. The molecule has 0 aliphatic heterocycles. The van der Waals surface area contributed by atoms with E-state index in [0.29, 0.717) is 0 Å². The first kappa shape index (κ1) is 13.0. The summed E-state index contributed by atoms with van der Waals surface area (Å²) in [4.78, 5) is 27.3. The maximum absolute atomic E-state index is 11.3. The maximum Gasteiger partial charge on any atom is 0.409 e.